The van der Waals surface area contributed by atoms with Crippen LogP contribution in [0.4, 0.5) is 0 Å². The first-order valence-electron chi connectivity index (χ1n) is 11.0. The molecule has 2 aromatic rings. The number of hydrogen-bond acceptors (Lipinski definition) is 7. The Hall–Kier alpha value is -2.76. The van der Waals surface area contributed by atoms with Crippen molar-refractivity contribution in [2.24, 2.45) is 0 Å². The van der Waals surface area contributed by atoms with E-state index in [9.17, 15) is 13.2 Å². The average molecular weight is 542 g/mol. The third kappa shape index (κ3) is 6.47. The monoisotopic (exact) mass is 541 g/mol. The number of ether oxygens (including phenoxy) is 3. The lowest BCUT2D eigenvalue weighted by Crippen LogP contribution is -2.39. The number of benzene rings is 2. The van der Waals surface area contributed by atoms with E-state index in [0.717, 1.165) is 6.42 Å². The Kier molecular flexibility index (Phi) is 9.03. The van der Waals surface area contributed by atoms with Crippen LogP contribution in [-0.2, 0) is 10.0 Å². The number of thiocarbonyl (C=S) groups is 1. The van der Waals surface area contributed by atoms with Crippen LogP contribution < -0.4 is 29.6 Å². The summed E-state index contributed by atoms with van der Waals surface area (Å²) in [6.45, 7) is 3.14. The van der Waals surface area contributed by atoms with E-state index in [1.165, 1.54) is 26.4 Å². The van der Waals surface area contributed by atoms with Gasteiger partial charge in [-0.1, -0.05) is 18.5 Å². The van der Waals surface area contributed by atoms with Crippen molar-refractivity contribution < 1.29 is 27.4 Å². The third-order valence-corrected chi connectivity index (χ3v) is 7.41. The first kappa shape index (κ1) is 26.8. The number of carbonyl (C=O) groups excluding carboxylic acids is 1. The van der Waals surface area contributed by atoms with Crippen molar-refractivity contribution in [1.29, 1.82) is 0 Å². The fraction of sp³-hybridized carbons (Fsp3) is 0.391. The highest BCUT2D eigenvalue weighted by Crippen LogP contribution is 2.40. The van der Waals surface area contributed by atoms with Crippen LogP contribution in [0.1, 0.15) is 41.6 Å². The molecule has 0 saturated carbocycles. The Morgan fingerprint density at radius 3 is 2.60 bits per heavy atom. The van der Waals surface area contributed by atoms with E-state index < -0.39 is 10.0 Å². The van der Waals surface area contributed by atoms with Crippen molar-refractivity contribution in [1.82, 2.24) is 15.4 Å². The molecule has 1 heterocycles. The molecule has 0 aromatic heterocycles. The summed E-state index contributed by atoms with van der Waals surface area (Å²) in [4.78, 5) is 12.8. The van der Waals surface area contributed by atoms with Crippen LogP contribution in [-0.4, -0.2) is 53.4 Å². The molecule has 0 saturated heterocycles. The van der Waals surface area contributed by atoms with Crippen LogP contribution in [0.3, 0.4) is 0 Å². The second-order valence-electron chi connectivity index (χ2n) is 7.79. The number of nitrogens with one attached hydrogen (secondary N) is 3. The molecule has 2 aromatic carbocycles. The molecule has 0 fully saturated rings. The molecule has 190 valence electrons. The van der Waals surface area contributed by atoms with Crippen molar-refractivity contribution in [3.8, 4) is 17.2 Å². The van der Waals surface area contributed by atoms with Gasteiger partial charge in [0.1, 0.15) is 22.1 Å². The van der Waals surface area contributed by atoms with E-state index in [1.54, 1.807) is 18.2 Å². The van der Waals surface area contributed by atoms with Gasteiger partial charge in [-0.2, -0.15) is 0 Å². The lowest BCUT2D eigenvalue weighted by Gasteiger charge is -2.27. The quantitative estimate of drug-likeness (QED) is 0.415. The second kappa shape index (κ2) is 11.8. The largest absolute Gasteiger partial charge is 0.496 e. The zero-order valence-electron chi connectivity index (χ0n) is 19.6. The van der Waals surface area contributed by atoms with Gasteiger partial charge < -0.3 is 24.8 Å². The predicted octanol–water partition coefficient (Wildman–Crippen LogP) is 3.22. The smallest absolute Gasteiger partial charge is 0.267 e. The van der Waals surface area contributed by atoms with E-state index in [0.29, 0.717) is 47.2 Å². The Morgan fingerprint density at radius 1 is 1.17 bits per heavy atom. The van der Waals surface area contributed by atoms with Crippen LogP contribution in [0, 0.1) is 0 Å². The number of halogens is 1. The maximum absolute atomic E-state index is 13.1. The highest BCUT2D eigenvalue weighted by atomic mass is 35.5. The van der Waals surface area contributed by atoms with E-state index in [1.807, 2.05) is 6.92 Å². The highest BCUT2D eigenvalue weighted by molar-refractivity contribution is 7.92. The molecular weight excluding hydrogens is 514 g/mol. The predicted molar refractivity (Wildman–Crippen MR) is 137 cm³/mol. The van der Waals surface area contributed by atoms with E-state index in [-0.39, 0.29) is 34.1 Å². The van der Waals surface area contributed by atoms with Gasteiger partial charge in [0.2, 0.25) is 0 Å². The minimum absolute atomic E-state index is 0.00200. The lowest BCUT2D eigenvalue weighted by atomic mass is 9.92. The van der Waals surface area contributed by atoms with E-state index >= 15 is 0 Å². The molecule has 1 aliphatic heterocycles. The fourth-order valence-corrected chi connectivity index (χ4v) is 5.39. The minimum atomic E-state index is -4.03. The molecule has 3 rings (SSSR count). The summed E-state index contributed by atoms with van der Waals surface area (Å²) in [5.74, 6) is 0.475. The van der Waals surface area contributed by atoms with Gasteiger partial charge in [0.25, 0.3) is 15.9 Å². The summed E-state index contributed by atoms with van der Waals surface area (Å²) in [7, 11) is -1.17. The molecule has 12 heteroatoms. The van der Waals surface area contributed by atoms with Gasteiger partial charge in [-0.3, -0.25) is 9.52 Å². The Labute approximate surface area is 215 Å². The number of amides is 1. The van der Waals surface area contributed by atoms with Crippen LogP contribution in [0.2, 0.25) is 5.02 Å². The topological polar surface area (TPSA) is 115 Å². The second-order valence-corrected chi connectivity index (χ2v) is 10.3. The summed E-state index contributed by atoms with van der Waals surface area (Å²) in [5.41, 5.74) is 0.950. The van der Waals surface area contributed by atoms with Crippen LogP contribution in [0.5, 0.6) is 17.2 Å². The fourth-order valence-electron chi connectivity index (χ4n) is 3.67. The Bertz CT molecular complexity index is 1210. The van der Waals surface area contributed by atoms with Crippen molar-refractivity contribution in [3.05, 3.63) is 46.5 Å². The maximum Gasteiger partial charge on any atom is 0.267 e. The third-order valence-electron chi connectivity index (χ3n) is 5.43. The van der Waals surface area contributed by atoms with Gasteiger partial charge in [0.15, 0.2) is 5.11 Å². The summed E-state index contributed by atoms with van der Waals surface area (Å²) in [6.07, 6.45) is 1.37. The molecule has 9 nitrogen and oxygen atoms in total. The number of carbonyl (C=O) groups is 1. The van der Waals surface area contributed by atoms with Gasteiger partial charge in [-0.15, -0.1) is 0 Å². The maximum atomic E-state index is 13.1. The van der Waals surface area contributed by atoms with Crippen molar-refractivity contribution in [3.63, 3.8) is 0 Å². The van der Waals surface area contributed by atoms with E-state index in [4.69, 9.17) is 38.0 Å². The van der Waals surface area contributed by atoms with Crippen molar-refractivity contribution >= 4 is 44.9 Å². The molecule has 1 unspecified atom stereocenters. The van der Waals surface area contributed by atoms with E-state index in [2.05, 4.69) is 15.4 Å². The summed E-state index contributed by atoms with van der Waals surface area (Å²) >= 11 is 11.1. The van der Waals surface area contributed by atoms with Crippen LogP contribution in [0.15, 0.2) is 35.2 Å². The van der Waals surface area contributed by atoms with Gasteiger partial charge >= 0.3 is 0 Å². The zero-order chi connectivity index (χ0) is 25.6. The number of fused-ring (bicyclic) bond motifs is 1. The molecule has 0 bridgehead atoms. The average Bonchev–Trinajstić information content (AvgIpc) is 2.84. The highest BCUT2D eigenvalue weighted by Gasteiger charge is 2.29. The van der Waals surface area contributed by atoms with Crippen LogP contribution in [0.25, 0.3) is 0 Å². The first-order chi connectivity index (χ1) is 16.7. The molecule has 0 spiro atoms. The molecule has 3 N–H and O–H groups in total. The number of methoxy groups -OCH3 is 2. The Balaban J connectivity index is 1.86. The number of hydrogen-bond donors (Lipinski definition) is 3. The minimum Gasteiger partial charge on any atom is -0.496 e. The number of rotatable bonds is 9. The van der Waals surface area contributed by atoms with Crippen molar-refractivity contribution in [2.75, 3.05) is 33.9 Å². The SMILES string of the molecule is CCCNC(=S)NS(=O)(=O)c1cc2c(cc1OC)OCCC2CNC(=O)c1cc(Cl)ccc1OC. The van der Waals surface area contributed by atoms with Gasteiger partial charge in [0.05, 0.1) is 26.4 Å². The standard InChI is InChI=1S/C23H28ClN3O6S2/c1-4-8-25-23(34)27-35(29,30)21-11-16-14(7-9-33-19(16)12-20(21)32-3)13-26-22(28)17-10-15(24)5-6-18(17)31-2/h5-6,10-12,14H,4,7-9,13H2,1-3H3,(H,26,28)(H2,25,27,34). The van der Waals surface area contributed by atoms with Gasteiger partial charge in [0, 0.05) is 35.7 Å². The molecule has 0 aliphatic carbocycles. The van der Waals surface area contributed by atoms with Gasteiger partial charge in [-0.05, 0) is 49.3 Å². The molecule has 1 amide bonds. The molecule has 35 heavy (non-hydrogen) atoms. The zero-order valence-corrected chi connectivity index (χ0v) is 22.0. The summed E-state index contributed by atoms with van der Waals surface area (Å²) < 4.78 is 44.9. The molecule has 1 aliphatic rings. The molecule has 1 atom stereocenters. The summed E-state index contributed by atoms with van der Waals surface area (Å²) in [6, 6.07) is 7.84. The van der Waals surface area contributed by atoms with Crippen LogP contribution >= 0.6 is 23.8 Å². The normalized spacial score (nSPS) is 14.8. The van der Waals surface area contributed by atoms with Gasteiger partial charge in [-0.25, -0.2) is 8.42 Å². The number of sulfonamides is 1. The molecule has 0 radical (unpaired) electrons. The Morgan fingerprint density at radius 2 is 1.91 bits per heavy atom. The lowest BCUT2D eigenvalue weighted by molar-refractivity contribution is 0.0945. The van der Waals surface area contributed by atoms with Crippen molar-refractivity contribution in [2.45, 2.75) is 30.6 Å². The first-order valence-corrected chi connectivity index (χ1v) is 13.2. The summed E-state index contributed by atoms with van der Waals surface area (Å²) in [5, 5.41) is 6.14. The molecular formula is C23H28ClN3O6S2.